The van der Waals surface area contributed by atoms with Crippen LogP contribution >= 0.6 is 0 Å². The second-order valence-corrected chi connectivity index (χ2v) is 21.0. The first kappa shape index (κ1) is 47.2. The highest BCUT2D eigenvalue weighted by Gasteiger charge is 2.37. The van der Waals surface area contributed by atoms with Gasteiger partial charge in [-0.05, 0) is 193 Å². The monoisotopic (exact) mass is 986 g/mol. The van der Waals surface area contributed by atoms with Crippen LogP contribution in [0.3, 0.4) is 0 Å². The van der Waals surface area contributed by atoms with E-state index in [0.29, 0.717) is 0 Å². The van der Waals surface area contributed by atoms with Crippen molar-refractivity contribution in [3.63, 3.8) is 0 Å². The molecule has 1 aliphatic rings. The van der Waals surface area contributed by atoms with Gasteiger partial charge in [-0.1, -0.05) is 208 Å². The molecule has 0 unspecified atom stereocenters. The van der Waals surface area contributed by atoms with Gasteiger partial charge in [-0.3, -0.25) is 0 Å². The van der Waals surface area contributed by atoms with E-state index in [4.69, 9.17) is 0 Å². The molecule has 368 valence electrons. The van der Waals surface area contributed by atoms with Crippen molar-refractivity contribution in [1.82, 2.24) is 0 Å². The van der Waals surface area contributed by atoms with Gasteiger partial charge in [0, 0.05) is 39.4 Å². The van der Waals surface area contributed by atoms with E-state index < -0.39 is 0 Å². The van der Waals surface area contributed by atoms with Crippen LogP contribution in [0.15, 0.2) is 279 Å². The van der Waals surface area contributed by atoms with Gasteiger partial charge in [0.2, 0.25) is 0 Å². The topological polar surface area (TPSA) is 6.48 Å². The quantitative estimate of drug-likeness (QED) is 0.127. The van der Waals surface area contributed by atoms with Crippen LogP contribution in [-0.2, 0) is 5.41 Å². The SMILES string of the molecule is Cc1ccccc1-c1cc2ccccc2cc1N(c1ccc(-c2cc(-c3ccccc3)c(-c3ccc(N(c4ccccc4)c4ccccc4)cc3)cc2-c2ccccc2)cc1)c1ccc2c(c1)C(C)(C)c1cccc(C)c1-2. The van der Waals surface area contributed by atoms with Gasteiger partial charge in [-0.15, -0.1) is 0 Å². The molecule has 13 rings (SSSR count). The number of para-hydroxylation sites is 2. The molecule has 0 bridgehead atoms. The Morgan fingerprint density at radius 3 is 1.23 bits per heavy atom. The standard InChI is InChI=1S/C75H58N2/c1-51-22-17-20-34-64(51)70-46-57-28-18-19-29-58(57)47-73(70)77(63-44-45-65-72(48-63)75(3,4)71-35-21-23-52(2)74(65)71)62-42-38-56(39-43-62)69-50-66(53-24-9-5-10-25-53)68(49-67(69)54-26-11-6-12-27-54)55-36-40-61(41-37-55)76(59-30-13-7-14-31-59)60-32-15-8-16-33-60/h5-50H,1-4H3. The van der Waals surface area contributed by atoms with Crippen molar-refractivity contribution < 1.29 is 0 Å². The number of hydrogen-bond acceptors (Lipinski definition) is 2. The summed E-state index contributed by atoms with van der Waals surface area (Å²) in [6.07, 6.45) is 0. The lowest BCUT2D eigenvalue weighted by atomic mass is 9.82. The third-order valence-electron chi connectivity index (χ3n) is 15.9. The molecule has 12 aromatic carbocycles. The summed E-state index contributed by atoms with van der Waals surface area (Å²) in [5.74, 6) is 0. The van der Waals surface area contributed by atoms with Gasteiger partial charge in [0.1, 0.15) is 0 Å². The van der Waals surface area contributed by atoms with E-state index in [1.165, 1.54) is 88.7 Å². The molecule has 0 heterocycles. The van der Waals surface area contributed by atoms with E-state index in [9.17, 15) is 0 Å². The molecule has 0 N–H and O–H groups in total. The number of anilines is 6. The fourth-order valence-electron chi connectivity index (χ4n) is 12.0. The minimum atomic E-state index is -0.173. The summed E-state index contributed by atoms with van der Waals surface area (Å²) in [5, 5.41) is 2.42. The first-order chi connectivity index (χ1) is 37.8. The summed E-state index contributed by atoms with van der Waals surface area (Å²) < 4.78 is 0. The molecule has 2 nitrogen and oxygen atoms in total. The summed E-state index contributed by atoms with van der Waals surface area (Å²) in [5.41, 5.74) is 26.2. The molecule has 0 saturated carbocycles. The summed E-state index contributed by atoms with van der Waals surface area (Å²) in [7, 11) is 0. The van der Waals surface area contributed by atoms with E-state index >= 15 is 0 Å². The molecule has 0 aromatic heterocycles. The zero-order valence-corrected chi connectivity index (χ0v) is 44.0. The van der Waals surface area contributed by atoms with Gasteiger partial charge >= 0.3 is 0 Å². The van der Waals surface area contributed by atoms with Gasteiger partial charge in [0.25, 0.3) is 0 Å². The molecule has 0 atom stereocenters. The second kappa shape index (κ2) is 19.6. The molecule has 0 saturated heterocycles. The number of rotatable bonds is 11. The van der Waals surface area contributed by atoms with Crippen molar-refractivity contribution in [3.05, 3.63) is 301 Å². The molecule has 12 aromatic rings. The second-order valence-electron chi connectivity index (χ2n) is 21.0. The van der Waals surface area contributed by atoms with Crippen LogP contribution in [0.25, 0.3) is 77.5 Å². The normalized spacial score (nSPS) is 12.3. The van der Waals surface area contributed by atoms with Crippen LogP contribution in [0.1, 0.15) is 36.1 Å². The Labute approximate surface area is 453 Å². The number of aryl methyl sites for hydroxylation is 2. The molecule has 1 aliphatic carbocycles. The number of fused-ring (bicyclic) bond motifs is 4. The minimum Gasteiger partial charge on any atom is -0.311 e. The Hall–Kier alpha value is -9.50. The van der Waals surface area contributed by atoms with Crippen molar-refractivity contribution >= 4 is 44.9 Å². The maximum atomic E-state index is 2.50. The Morgan fingerprint density at radius 2 is 0.688 bits per heavy atom. The van der Waals surface area contributed by atoms with Gasteiger partial charge in [-0.2, -0.15) is 0 Å². The molecule has 0 fully saturated rings. The third kappa shape index (κ3) is 8.59. The number of hydrogen-bond donors (Lipinski definition) is 0. The highest BCUT2D eigenvalue weighted by atomic mass is 15.1. The van der Waals surface area contributed by atoms with Crippen LogP contribution < -0.4 is 9.80 Å². The van der Waals surface area contributed by atoms with Gasteiger partial charge in [0.15, 0.2) is 0 Å². The highest BCUT2D eigenvalue weighted by molar-refractivity contribution is 6.01. The summed E-state index contributed by atoms with van der Waals surface area (Å²) in [6.45, 7) is 9.24. The van der Waals surface area contributed by atoms with Gasteiger partial charge < -0.3 is 9.80 Å². The van der Waals surface area contributed by atoms with Gasteiger partial charge in [0.05, 0.1) is 5.69 Å². The number of benzene rings is 12. The van der Waals surface area contributed by atoms with Crippen molar-refractivity contribution in [2.24, 2.45) is 0 Å². The third-order valence-corrected chi connectivity index (χ3v) is 15.9. The van der Waals surface area contributed by atoms with Gasteiger partial charge in [-0.25, -0.2) is 0 Å². The largest absolute Gasteiger partial charge is 0.311 e. The number of nitrogens with zero attached hydrogens (tertiary/aromatic N) is 2. The Bertz CT molecular complexity index is 4070. The Morgan fingerprint density at radius 1 is 0.260 bits per heavy atom. The Kier molecular flexibility index (Phi) is 12.1. The maximum Gasteiger partial charge on any atom is 0.0546 e. The van der Waals surface area contributed by atoms with Crippen molar-refractivity contribution in [2.45, 2.75) is 33.1 Å². The maximum absolute atomic E-state index is 2.50. The van der Waals surface area contributed by atoms with E-state index in [1.807, 2.05) is 0 Å². The fourth-order valence-corrected chi connectivity index (χ4v) is 12.0. The average Bonchev–Trinajstić information content (AvgIpc) is 3.73. The van der Waals surface area contributed by atoms with Crippen LogP contribution in [-0.4, -0.2) is 0 Å². The van der Waals surface area contributed by atoms with Crippen LogP contribution in [0.2, 0.25) is 0 Å². The summed E-state index contributed by atoms with van der Waals surface area (Å²) in [6, 6.07) is 103. The smallest absolute Gasteiger partial charge is 0.0546 e. The lowest BCUT2D eigenvalue weighted by Gasteiger charge is -2.30. The zero-order chi connectivity index (χ0) is 52.0. The molecular formula is C75H58N2. The lowest BCUT2D eigenvalue weighted by molar-refractivity contribution is 0.660. The molecule has 2 heteroatoms. The molecule has 77 heavy (non-hydrogen) atoms. The van der Waals surface area contributed by atoms with Crippen LogP contribution in [0.4, 0.5) is 34.1 Å². The predicted octanol–water partition coefficient (Wildman–Crippen LogP) is 21.0. The predicted molar refractivity (Wildman–Crippen MR) is 328 cm³/mol. The van der Waals surface area contributed by atoms with Crippen molar-refractivity contribution in [1.29, 1.82) is 0 Å². The van der Waals surface area contributed by atoms with Crippen LogP contribution in [0.5, 0.6) is 0 Å². The fraction of sp³-hybridized carbons (Fsp3) is 0.0667. The summed E-state index contributed by atoms with van der Waals surface area (Å²) in [4.78, 5) is 4.82. The Balaban J connectivity index is 0.982. The lowest BCUT2D eigenvalue weighted by Crippen LogP contribution is -2.17. The minimum absolute atomic E-state index is 0.173. The van der Waals surface area contributed by atoms with E-state index in [1.54, 1.807) is 0 Å². The van der Waals surface area contributed by atoms with E-state index in [2.05, 4.69) is 317 Å². The zero-order valence-electron chi connectivity index (χ0n) is 44.0. The molecule has 0 amide bonds. The van der Waals surface area contributed by atoms with E-state index in [-0.39, 0.29) is 5.41 Å². The molecule has 0 aliphatic heterocycles. The van der Waals surface area contributed by atoms with Crippen molar-refractivity contribution in [3.8, 4) is 66.8 Å². The van der Waals surface area contributed by atoms with Crippen molar-refractivity contribution in [2.75, 3.05) is 9.80 Å². The molecule has 0 radical (unpaired) electrons. The highest BCUT2D eigenvalue weighted by Crippen LogP contribution is 2.53. The molecule has 0 spiro atoms. The van der Waals surface area contributed by atoms with Crippen LogP contribution in [0, 0.1) is 13.8 Å². The molecular weight excluding hydrogens is 929 g/mol. The summed E-state index contributed by atoms with van der Waals surface area (Å²) >= 11 is 0. The average molecular weight is 987 g/mol. The first-order valence-corrected chi connectivity index (χ1v) is 26.8. The van der Waals surface area contributed by atoms with E-state index in [0.717, 1.165) is 45.3 Å². The first-order valence-electron chi connectivity index (χ1n) is 26.8.